The van der Waals surface area contributed by atoms with E-state index in [-0.39, 0.29) is 0 Å². The molecule has 0 fully saturated rings. The van der Waals surface area contributed by atoms with Crippen molar-refractivity contribution in [2.24, 2.45) is 0 Å². The average Bonchev–Trinajstić information content (AvgIpc) is 3.06. The van der Waals surface area contributed by atoms with Crippen LogP contribution in [0.1, 0.15) is 23.9 Å². The van der Waals surface area contributed by atoms with Crippen LogP contribution in [0.2, 0.25) is 5.15 Å². The van der Waals surface area contributed by atoms with Crippen LogP contribution in [0, 0.1) is 0 Å². The summed E-state index contributed by atoms with van der Waals surface area (Å²) >= 11 is 8.10. The maximum Gasteiger partial charge on any atom is 0.171 e. The number of halogens is 1. The molecule has 4 rings (SSSR count). The van der Waals surface area contributed by atoms with Gasteiger partial charge in [-0.3, -0.25) is 4.57 Å². The van der Waals surface area contributed by atoms with E-state index in [0.717, 1.165) is 28.8 Å². The molecule has 0 atom stereocenters. The van der Waals surface area contributed by atoms with Gasteiger partial charge in [0.2, 0.25) is 0 Å². The molecule has 0 spiro atoms. The number of imidazole rings is 1. The SMILES string of the molecule is CCc1nc(Cl)c2nc(SCc3ccccc3)n(Cc3ccccc3)c2n1. The first-order valence-corrected chi connectivity index (χ1v) is 10.2. The standard InChI is InChI=1S/C21H19ClN4S/c1-2-17-23-19(22)18-20(24-17)26(13-15-9-5-3-6-10-15)21(25-18)27-14-16-11-7-4-8-12-16/h3-12H,2,13-14H2,1H3. The zero-order valence-corrected chi connectivity index (χ0v) is 16.5. The monoisotopic (exact) mass is 394 g/mol. The van der Waals surface area contributed by atoms with E-state index in [1.54, 1.807) is 11.8 Å². The molecule has 0 bridgehead atoms. The molecular formula is C21H19ClN4S. The molecule has 0 aliphatic carbocycles. The van der Waals surface area contributed by atoms with E-state index >= 15 is 0 Å². The Morgan fingerprint density at radius 1 is 0.889 bits per heavy atom. The third-order valence-corrected chi connectivity index (χ3v) is 5.58. The van der Waals surface area contributed by atoms with Gasteiger partial charge in [0.15, 0.2) is 16.0 Å². The molecule has 27 heavy (non-hydrogen) atoms. The van der Waals surface area contributed by atoms with Crippen LogP contribution < -0.4 is 0 Å². The van der Waals surface area contributed by atoms with Crippen LogP contribution in [0.25, 0.3) is 11.2 Å². The second kappa shape index (κ2) is 8.11. The van der Waals surface area contributed by atoms with Crippen molar-refractivity contribution < 1.29 is 0 Å². The summed E-state index contributed by atoms with van der Waals surface area (Å²) in [4.78, 5) is 13.9. The van der Waals surface area contributed by atoms with Gasteiger partial charge < -0.3 is 0 Å². The first kappa shape index (κ1) is 18.0. The summed E-state index contributed by atoms with van der Waals surface area (Å²) in [7, 11) is 0. The van der Waals surface area contributed by atoms with Crippen LogP contribution in [-0.2, 0) is 18.7 Å². The van der Waals surface area contributed by atoms with Crippen molar-refractivity contribution in [1.29, 1.82) is 0 Å². The summed E-state index contributed by atoms with van der Waals surface area (Å²) in [6, 6.07) is 20.7. The quantitative estimate of drug-likeness (QED) is 0.325. The predicted octanol–water partition coefficient (Wildman–Crippen LogP) is 5.38. The Bertz CT molecular complexity index is 1050. The van der Waals surface area contributed by atoms with Crippen LogP contribution in [0.3, 0.4) is 0 Å². The predicted molar refractivity (Wildman–Crippen MR) is 111 cm³/mol. The third kappa shape index (κ3) is 3.99. The molecule has 0 amide bonds. The zero-order valence-electron chi connectivity index (χ0n) is 15.0. The van der Waals surface area contributed by atoms with E-state index in [9.17, 15) is 0 Å². The van der Waals surface area contributed by atoms with Crippen molar-refractivity contribution in [3.63, 3.8) is 0 Å². The maximum atomic E-state index is 6.41. The Labute approximate surface area is 167 Å². The average molecular weight is 395 g/mol. The van der Waals surface area contributed by atoms with Gasteiger partial charge in [0.1, 0.15) is 11.3 Å². The molecule has 0 saturated carbocycles. The van der Waals surface area contributed by atoms with Gasteiger partial charge in [0.05, 0.1) is 6.54 Å². The van der Waals surface area contributed by atoms with E-state index in [1.165, 1.54) is 11.1 Å². The van der Waals surface area contributed by atoms with E-state index in [2.05, 4.69) is 45.9 Å². The largest absolute Gasteiger partial charge is 0.299 e. The zero-order chi connectivity index (χ0) is 18.6. The van der Waals surface area contributed by atoms with Crippen molar-refractivity contribution in [2.45, 2.75) is 30.8 Å². The molecule has 2 aromatic carbocycles. The van der Waals surface area contributed by atoms with Gasteiger partial charge >= 0.3 is 0 Å². The molecule has 4 nitrogen and oxygen atoms in total. The number of hydrogen-bond donors (Lipinski definition) is 0. The lowest BCUT2D eigenvalue weighted by Gasteiger charge is -2.09. The van der Waals surface area contributed by atoms with Crippen molar-refractivity contribution >= 4 is 34.5 Å². The lowest BCUT2D eigenvalue weighted by molar-refractivity contribution is 0.721. The highest BCUT2D eigenvalue weighted by atomic mass is 35.5. The van der Waals surface area contributed by atoms with Crippen molar-refractivity contribution in [3.8, 4) is 0 Å². The Morgan fingerprint density at radius 3 is 2.22 bits per heavy atom. The second-order valence-electron chi connectivity index (χ2n) is 6.20. The minimum absolute atomic E-state index is 0.422. The summed E-state index contributed by atoms with van der Waals surface area (Å²) in [5.41, 5.74) is 3.92. The van der Waals surface area contributed by atoms with E-state index in [0.29, 0.717) is 17.2 Å². The van der Waals surface area contributed by atoms with Crippen LogP contribution in [0.4, 0.5) is 0 Å². The highest BCUT2D eigenvalue weighted by molar-refractivity contribution is 7.98. The summed E-state index contributed by atoms with van der Waals surface area (Å²) in [6.45, 7) is 2.73. The second-order valence-corrected chi connectivity index (χ2v) is 7.50. The molecule has 0 aliphatic rings. The van der Waals surface area contributed by atoms with Crippen molar-refractivity contribution in [2.75, 3.05) is 0 Å². The molecular weight excluding hydrogens is 376 g/mol. The Kier molecular flexibility index (Phi) is 5.41. The number of thioether (sulfide) groups is 1. The summed E-state index contributed by atoms with van der Waals surface area (Å²) in [5.74, 6) is 1.58. The topological polar surface area (TPSA) is 43.6 Å². The lowest BCUT2D eigenvalue weighted by atomic mass is 10.2. The Hall–Kier alpha value is -2.37. The molecule has 0 N–H and O–H groups in total. The van der Waals surface area contributed by atoms with Gasteiger partial charge in [-0.05, 0) is 11.1 Å². The van der Waals surface area contributed by atoms with Gasteiger partial charge in [0.25, 0.3) is 0 Å². The highest BCUT2D eigenvalue weighted by Crippen LogP contribution is 2.29. The van der Waals surface area contributed by atoms with Gasteiger partial charge in [-0.15, -0.1) is 0 Å². The number of aryl methyl sites for hydroxylation is 1. The molecule has 0 aliphatic heterocycles. The minimum atomic E-state index is 0.422. The van der Waals surface area contributed by atoms with E-state index in [1.807, 2.05) is 31.2 Å². The molecule has 0 unspecified atom stereocenters. The fraction of sp³-hybridized carbons (Fsp3) is 0.190. The molecule has 2 aromatic heterocycles. The Morgan fingerprint density at radius 2 is 1.56 bits per heavy atom. The van der Waals surface area contributed by atoms with Gasteiger partial charge in [0, 0.05) is 12.2 Å². The summed E-state index contributed by atoms with van der Waals surface area (Å²) in [5, 5.41) is 1.33. The number of fused-ring (bicyclic) bond motifs is 1. The number of benzene rings is 2. The summed E-state index contributed by atoms with van der Waals surface area (Å²) in [6.07, 6.45) is 0.735. The molecule has 0 saturated heterocycles. The van der Waals surface area contributed by atoms with Crippen LogP contribution in [0.5, 0.6) is 0 Å². The number of rotatable bonds is 6. The van der Waals surface area contributed by atoms with Gasteiger partial charge in [-0.25, -0.2) is 15.0 Å². The van der Waals surface area contributed by atoms with Crippen LogP contribution >= 0.6 is 23.4 Å². The lowest BCUT2D eigenvalue weighted by Crippen LogP contribution is -2.04. The fourth-order valence-electron chi connectivity index (χ4n) is 2.89. The number of hydrogen-bond acceptors (Lipinski definition) is 4. The number of aromatic nitrogens is 4. The maximum absolute atomic E-state index is 6.41. The molecule has 6 heteroatoms. The third-order valence-electron chi connectivity index (χ3n) is 4.27. The van der Waals surface area contributed by atoms with Gasteiger partial charge in [-0.1, -0.05) is 91.0 Å². The first-order valence-electron chi connectivity index (χ1n) is 8.88. The first-order chi connectivity index (χ1) is 13.2. The highest BCUT2D eigenvalue weighted by Gasteiger charge is 2.17. The minimum Gasteiger partial charge on any atom is -0.299 e. The van der Waals surface area contributed by atoms with Gasteiger partial charge in [-0.2, -0.15) is 0 Å². The van der Waals surface area contributed by atoms with E-state index in [4.69, 9.17) is 21.6 Å². The molecule has 4 aromatic rings. The molecule has 0 radical (unpaired) electrons. The van der Waals surface area contributed by atoms with Crippen LogP contribution in [-0.4, -0.2) is 19.5 Å². The Balaban J connectivity index is 1.76. The van der Waals surface area contributed by atoms with E-state index < -0.39 is 0 Å². The fourth-order valence-corrected chi connectivity index (χ4v) is 4.06. The van der Waals surface area contributed by atoms with Crippen molar-refractivity contribution in [3.05, 3.63) is 82.8 Å². The normalized spacial score (nSPS) is 11.2. The molecule has 2 heterocycles. The smallest absolute Gasteiger partial charge is 0.171 e. The van der Waals surface area contributed by atoms with Crippen LogP contribution in [0.15, 0.2) is 65.8 Å². The van der Waals surface area contributed by atoms with Crippen molar-refractivity contribution in [1.82, 2.24) is 19.5 Å². The number of nitrogens with zero attached hydrogens (tertiary/aromatic N) is 4. The molecule has 136 valence electrons. The summed E-state index contributed by atoms with van der Waals surface area (Å²) < 4.78 is 2.14.